The molecule has 23 heavy (non-hydrogen) atoms. The van der Waals surface area contributed by atoms with Crippen LogP contribution in [0.3, 0.4) is 0 Å². The van der Waals surface area contributed by atoms with Crippen LogP contribution in [0.4, 0.5) is 0 Å². The Labute approximate surface area is 135 Å². The molecule has 0 aliphatic rings. The first kappa shape index (κ1) is 19.1. The number of rotatable bonds is 7. The second-order valence-corrected chi connectivity index (χ2v) is 7.31. The molecule has 0 fully saturated rings. The maximum absolute atomic E-state index is 11.9. The van der Waals surface area contributed by atoms with Gasteiger partial charge < -0.3 is 15.2 Å². The van der Waals surface area contributed by atoms with Gasteiger partial charge in [0, 0.05) is 27.7 Å². The lowest BCUT2D eigenvalue weighted by molar-refractivity contribution is -0.167. The fourth-order valence-electron chi connectivity index (χ4n) is 1.62. The molecule has 1 atom stereocenters. The Morgan fingerprint density at radius 1 is 1.26 bits per heavy atom. The zero-order valence-electron chi connectivity index (χ0n) is 13.4. The van der Waals surface area contributed by atoms with Crippen molar-refractivity contribution in [3.8, 4) is 0 Å². The Hall–Kier alpha value is -1.97. The number of sulfonamides is 1. The number of carbonyl (C=O) groups excluding carboxylic acids is 1. The molecule has 1 rings (SSSR count). The summed E-state index contributed by atoms with van der Waals surface area (Å²) in [4.78, 5) is 23.1. The summed E-state index contributed by atoms with van der Waals surface area (Å²) in [6.45, 7) is 1.20. The molecule has 0 bridgehead atoms. The van der Waals surface area contributed by atoms with E-state index in [1.54, 1.807) is 12.1 Å². The third-order valence-electron chi connectivity index (χ3n) is 3.40. The van der Waals surface area contributed by atoms with Crippen molar-refractivity contribution < 1.29 is 27.9 Å². The van der Waals surface area contributed by atoms with Crippen LogP contribution in [0, 0.1) is 0 Å². The van der Waals surface area contributed by atoms with Crippen molar-refractivity contribution in [1.29, 1.82) is 0 Å². The Balaban J connectivity index is 2.81. The van der Waals surface area contributed by atoms with Crippen molar-refractivity contribution in [1.82, 2.24) is 9.62 Å². The normalized spacial score (nSPS) is 14.3. The predicted molar refractivity (Wildman–Crippen MR) is 82.2 cm³/mol. The zero-order valence-corrected chi connectivity index (χ0v) is 14.2. The summed E-state index contributed by atoms with van der Waals surface area (Å²) in [6.07, 6.45) is 0. The topological polar surface area (TPSA) is 113 Å². The molecular weight excluding hydrogens is 324 g/mol. The van der Waals surface area contributed by atoms with Crippen molar-refractivity contribution in [3.63, 3.8) is 0 Å². The summed E-state index contributed by atoms with van der Waals surface area (Å²) in [5.74, 6) is -2.19. The van der Waals surface area contributed by atoms with E-state index in [1.165, 1.54) is 26.2 Å². The van der Waals surface area contributed by atoms with E-state index < -0.39 is 27.5 Å². The van der Waals surface area contributed by atoms with Crippen LogP contribution in [0.15, 0.2) is 29.2 Å². The van der Waals surface area contributed by atoms with Crippen molar-refractivity contribution in [3.05, 3.63) is 29.8 Å². The van der Waals surface area contributed by atoms with Gasteiger partial charge in [0.2, 0.25) is 15.6 Å². The van der Waals surface area contributed by atoms with Gasteiger partial charge in [-0.2, -0.15) is 0 Å². The first-order chi connectivity index (χ1) is 10.6. The van der Waals surface area contributed by atoms with E-state index in [4.69, 9.17) is 9.84 Å². The molecule has 0 aliphatic heterocycles. The van der Waals surface area contributed by atoms with Gasteiger partial charge in [-0.3, -0.25) is 4.79 Å². The number of ether oxygens (including phenoxy) is 1. The van der Waals surface area contributed by atoms with Crippen LogP contribution in [0.5, 0.6) is 0 Å². The van der Waals surface area contributed by atoms with Crippen LogP contribution in [-0.4, -0.2) is 56.5 Å². The minimum absolute atomic E-state index is 0.0490. The average Bonchev–Trinajstić information content (AvgIpc) is 2.51. The molecule has 0 heterocycles. The molecule has 128 valence electrons. The van der Waals surface area contributed by atoms with E-state index in [1.807, 2.05) is 0 Å². The van der Waals surface area contributed by atoms with Gasteiger partial charge in [-0.05, 0) is 24.6 Å². The molecule has 1 amide bonds. The lowest BCUT2D eigenvalue weighted by Crippen LogP contribution is -2.51. The van der Waals surface area contributed by atoms with Gasteiger partial charge >= 0.3 is 5.97 Å². The second kappa shape index (κ2) is 7.07. The van der Waals surface area contributed by atoms with Gasteiger partial charge in [-0.1, -0.05) is 12.1 Å². The standard InChI is InChI=1S/C14H20N2O6S/c1-14(22-4,13(18)19)12(17)15-9-10-5-7-11(8-6-10)23(20,21)16(2)3/h5-8H,9H2,1-4H3,(H,15,17)(H,18,19). The molecule has 1 aromatic rings. The summed E-state index contributed by atoms with van der Waals surface area (Å²) in [6, 6.07) is 5.93. The molecule has 2 N–H and O–H groups in total. The number of amides is 1. The Bertz CT molecular complexity index is 684. The van der Waals surface area contributed by atoms with Crippen LogP contribution < -0.4 is 5.32 Å². The highest BCUT2D eigenvalue weighted by atomic mass is 32.2. The van der Waals surface area contributed by atoms with Crippen LogP contribution in [0.25, 0.3) is 0 Å². The SMILES string of the molecule is COC(C)(C(=O)O)C(=O)NCc1ccc(S(=O)(=O)N(C)C)cc1. The van der Waals surface area contributed by atoms with Crippen molar-refractivity contribution in [2.75, 3.05) is 21.2 Å². The summed E-state index contributed by atoms with van der Waals surface area (Å²) in [5, 5.41) is 11.5. The van der Waals surface area contributed by atoms with E-state index in [2.05, 4.69) is 5.32 Å². The van der Waals surface area contributed by atoms with Gasteiger partial charge in [0.25, 0.3) is 5.91 Å². The summed E-state index contributed by atoms with van der Waals surface area (Å²) in [7, 11) is 0.481. The van der Waals surface area contributed by atoms with Gasteiger partial charge in [0.1, 0.15) is 0 Å². The smallest absolute Gasteiger partial charge is 0.345 e. The molecule has 9 heteroatoms. The number of nitrogens with zero attached hydrogens (tertiary/aromatic N) is 1. The van der Waals surface area contributed by atoms with Gasteiger partial charge in [-0.15, -0.1) is 0 Å². The molecule has 0 aromatic heterocycles. The maximum Gasteiger partial charge on any atom is 0.345 e. The average molecular weight is 344 g/mol. The molecule has 1 aromatic carbocycles. The van der Waals surface area contributed by atoms with E-state index >= 15 is 0 Å². The van der Waals surface area contributed by atoms with Crippen molar-refractivity contribution >= 4 is 21.9 Å². The minimum Gasteiger partial charge on any atom is -0.479 e. The first-order valence-corrected chi connectivity index (χ1v) is 8.08. The fourth-order valence-corrected chi connectivity index (χ4v) is 2.52. The Morgan fingerprint density at radius 2 is 1.78 bits per heavy atom. The third-order valence-corrected chi connectivity index (χ3v) is 5.23. The van der Waals surface area contributed by atoms with Gasteiger partial charge in [-0.25, -0.2) is 17.5 Å². The lowest BCUT2D eigenvalue weighted by atomic mass is 10.1. The molecule has 8 nitrogen and oxygen atoms in total. The van der Waals surface area contributed by atoms with E-state index in [9.17, 15) is 18.0 Å². The monoisotopic (exact) mass is 344 g/mol. The summed E-state index contributed by atoms with van der Waals surface area (Å²) >= 11 is 0. The molecule has 0 saturated heterocycles. The van der Waals surface area contributed by atoms with Crippen LogP contribution in [0.2, 0.25) is 0 Å². The highest BCUT2D eigenvalue weighted by Crippen LogP contribution is 2.14. The Morgan fingerprint density at radius 3 is 2.17 bits per heavy atom. The van der Waals surface area contributed by atoms with Crippen LogP contribution in [0.1, 0.15) is 12.5 Å². The molecule has 0 saturated carbocycles. The molecule has 1 unspecified atom stereocenters. The highest BCUT2D eigenvalue weighted by Gasteiger charge is 2.41. The van der Waals surface area contributed by atoms with E-state index in [0.717, 1.165) is 18.3 Å². The number of carbonyl (C=O) groups is 2. The molecule has 0 aliphatic carbocycles. The number of methoxy groups -OCH3 is 1. The summed E-state index contributed by atoms with van der Waals surface area (Å²) in [5.41, 5.74) is -1.35. The predicted octanol–water partition coefficient (Wildman–Crippen LogP) is 0.0428. The quantitative estimate of drug-likeness (QED) is 0.676. The number of hydrogen-bond acceptors (Lipinski definition) is 5. The Kier molecular flexibility index (Phi) is 5.86. The molecule has 0 spiro atoms. The number of nitrogens with one attached hydrogen (secondary N) is 1. The minimum atomic E-state index is -3.52. The van der Waals surface area contributed by atoms with E-state index in [-0.39, 0.29) is 11.4 Å². The lowest BCUT2D eigenvalue weighted by Gasteiger charge is -2.21. The van der Waals surface area contributed by atoms with Crippen molar-refractivity contribution in [2.24, 2.45) is 0 Å². The number of carboxylic acid groups (broad SMARTS) is 1. The number of benzene rings is 1. The summed E-state index contributed by atoms with van der Waals surface area (Å²) < 4.78 is 29.7. The van der Waals surface area contributed by atoms with E-state index in [0.29, 0.717) is 5.56 Å². The molecular formula is C14H20N2O6S. The zero-order chi connectivity index (χ0) is 17.8. The second-order valence-electron chi connectivity index (χ2n) is 5.16. The number of carboxylic acids is 1. The number of aliphatic carboxylic acids is 1. The fraction of sp³-hybridized carbons (Fsp3) is 0.429. The van der Waals surface area contributed by atoms with Gasteiger partial charge in [0.05, 0.1) is 4.90 Å². The highest BCUT2D eigenvalue weighted by molar-refractivity contribution is 7.89. The maximum atomic E-state index is 11.9. The van der Waals surface area contributed by atoms with Crippen LogP contribution >= 0.6 is 0 Å². The van der Waals surface area contributed by atoms with Crippen molar-refractivity contribution in [2.45, 2.75) is 24.0 Å². The first-order valence-electron chi connectivity index (χ1n) is 6.64. The van der Waals surface area contributed by atoms with Gasteiger partial charge in [0.15, 0.2) is 0 Å². The van der Waals surface area contributed by atoms with Crippen LogP contribution in [-0.2, 0) is 30.9 Å². The largest absolute Gasteiger partial charge is 0.479 e. The number of hydrogen-bond donors (Lipinski definition) is 2. The molecule has 0 radical (unpaired) electrons. The third kappa shape index (κ3) is 4.06.